The van der Waals surface area contributed by atoms with Crippen molar-refractivity contribution in [3.63, 3.8) is 0 Å². The van der Waals surface area contributed by atoms with Crippen molar-refractivity contribution >= 4 is 11.6 Å². The van der Waals surface area contributed by atoms with E-state index >= 15 is 0 Å². The van der Waals surface area contributed by atoms with E-state index in [4.69, 9.17) is 11.6 Å². The predicted octanol–water partition coefficient (Wildman–Crippen LogP) is 4.00. The number of nitrogens with zero attached hydrogens (tertiary/aromatic N) is 3. The fourth-order valence-corrected chi connectivity index (χ4v) is 1.98. The van der Waals surface area contributed by atoms with Crippen LogP contribution in [0.3, 0.4) is 0 Å². The minimum Gasteiger partial charge on any atom is -0.208 e. The van der Waals surface area contributed by atoms with Gasteiger partial charge in [0, 0.05) is 11.1 Å². The monoisotopic (exact) mass is 285 g/mol. The molecule has 0 saturated carbocycles. The molecule has 98 valence electrons. The van der Waals surface area contributed by atoms with Gasteiger partial charge in [0.2, 0.25) is 5.28 Å². The molecule has 3 aromatic rings. The summed E-state index contributed by atoms with van der Waals surface area (Å²) in [5, 5.41) is 0.0816. The van der Waals surface area contributed by atoms with Gasteiger partial charge in [-0.3, -0.25) is 0 Å². The van der Waals surface area contributed by atoms with Gasteiger partial charge in [-0.05, 0) is 23.7 Å². The summed E-state index contributed by atoms with van der Waals surface area (Å²) in [7, 11) is 0. The molecule has 2 aromatic carbocycles. The van der Waals surface area contributed by atoms with Crippen molar-refractivity contribution in [2.75, 3.05) is 0 Å². The van der Waals surface area contributed by atoms with E-state index in [9.17, 15) is 4.39 Å². The number of benzene rings is 2. The maximum Gasteiger partial charge on any atom is 0.226 e. The molecule has 0 aliphatic rings. The molecule has 3 rings (SSSR count). The standard InChI is InChI=1S/C15H9ClFN3/c16-15-19-13(10-5-2-1-3-6-10)18-14(20-15)11-7-4-8-12(17)9-11/h1-9H. The van der Waals surface area contributed by atoms with Crippen molar-refractivity contribution in [2.45, 2.75) is 0 Å². The Morgan fingerprint density at radius 3 is 2.10 bits per heavy atom. The van der Waals surface area contributed by atoms with Crippen LogP contribution in [0.1, 0.15) is 0 Å². The van der Waals surface area contributed by atoms with Crippen LogP contribution in [-0.2, 0) is 0 Å². The summed E-state index contributed by atoms with van der Waals surface area (Å²) in [6.07, 6.45) is 0. The van der Waals surface area contributed by atoms with Crippen molar-refractivity contribution in [3.8, 4) is 22.8 Å². The van der Waals surface area contributed by atoms with E-state index in [0.717, 1.165) is 5.56 Å². The van der Waals surface area contributed by atoms with Gasteiger partial charge in [0.25, 0.3) is 0 Å². The highest BCUT2D eigenvalue weighted by Gasteiger charge is 2.09. The smallest absolute Gasteiger partial charge is 0.208 e. The third-order valence-corrected chi connectivity index (χ3v) is 2.89. The normalized spacial score (nSPS) is 10.5. The van der Waals surface area contributed by atoms with Crippen LogP contribution in [0.5, 0.6) is 0 Å². The quantitative estimate of drug-likeness (QED) is 0.714. The molecule has 1 aromatic heterocycles. The van der Waals surface area contributed by atoms with Crippen LogP contribution in [0.25, 0.3) is 22.8 Å². The number of rotatable bonds is 2. The summed E-state index contributed by atoms with van der Waals surface area (Å²) < 4.78 is 13.3. The van der Waals surface area contributed by atoms with E-state index in [-0.39, 0.29) is 11.1 Å². The highest BCUT2D eigenvalue weighted by atomic mass is 35.5. The van der Waals surface area contributed by atoms with Crippen LogP contribution in [0.4, 0.5) is 4.39 Å². The van der Waals surface area contributed by atoms with Gasteiger partial charge < -0.3 is 0 Å². The summed E-state index contributed by atoms with van der Waals surface area (Å²) in [5.41, 5.74) is 1.39. The van der Waals surface area contributed by atoms with E-state index in [1.165, 1.54) is 12.1 Å². The van der Waals surface area contributed by atoms with Gasteiger partial charge in [-0.1, -0.05) is 42.5 Å². The molecule has 5 heteroatoms. The summed E-state index contributed by atoms with van der Waals surface area (Å²) in [5.74, 6) is 0.466. The Kier molecular flexibility index (Phi) is 3.39. The number of hydrogen-bond acceptors (Lipinski definition) is 3. The molecular formula is C15H9ClFN3. The number of aromatic nitrogens is 3. The average molecular weight is 286 g/mol. The second-order valence-electron chi connectivity index (χ2n) is 4.13. The molecule has 0 saturated heterocycles. The first-order valence-electron chi connectivity index (χ1n) is 5.95. The second kappa shape index (κ2) is 5.35. The predicted molar refractivity (Wildman–Crippen MR) is 75.7 cm³/mol. The van der Waals surface area contributed by atoms with Crippen LogP contribution in [0.15, 0.2) is 54.6 Å². The number of hydrogen-bond donors (Lipinski definition) is 0. The lowest BCUT2D eigenvalue weighted by molar-refractivity contribution is 0.628. The highest BCUT2D eigenvalue weighted by molar-refractivity contribution is 6.28. The third kappa shape index (κ3) is 2.65. The lowest BCUT2D eigenvalue weighted by atomic mass is 10.2. The molecular weight excluding hydrogens is 277 g/mol. The summed E-state index contributed by atoms with van der Waals surface area (Å²) in [4.78, 5) is 12.5. The van der Waals surface area contributed by atoms with Crippen molar-refractivity contribution in [1.29, 1.82) is 0 Å². The first-order chi connectivity index (χ1) is 9.72. The largest absolute Gasteiger partial charge is 0.226 e. The minimum absolute atomic E-state index is 0.0816. The van der Waals surface area contributed by atoms with Crippen LogP contribution >= 0.6 is 11.6 Å². The fourth-order valence-electron chi connectivity index (χ4n) is 1.82. The van der Waals surface area contributed by atoms with Crippen molar-refractivity contribution in [1.82, 2.24) is 15.0 Å². The topological polar surface area (TPSA) is 38.7 Å². The highest BCUT2D eigenvalue weighted by Crippen LogP contribution is 2.21. The molecule has 3 nitrogen and oxygen atoms in total. The zero-order valence-electron chi connectivity index (χ0n) is 10.3. The molecule has 1 heterocycles. The van der Waals surface area contributed by atoms with Crippen LogP contribution < -0.4 is 0 Å². The van der Waals surface area contributed by atoms with Crippen molar-refractivity contribution in [3.05, 3.63) is 65.7 Å². The van der Waals surface area contributed by atoms with E-state index < -0.39 is 0 Å². The Bertz CT molecular complexity index is 747. The van der Waals surface area contributed by atoms with Crippen LogP contribution in [0.2, 0.25) is 5.28 Å². The van der Waals surface area contributed by atoms with Gasteiger partial charge in [0.05, 0.1) is 0 Å². The molecule has 0 spiro atoms. The first kappa shape index (κ1) is 12.7. The van der Waals surface area contributed by atoms with Gasteiger partial charge >= 0.3 is 0 Å². The van der Waals surface area contributed by atoms with Gasteiger partial charge in [0.1, 0.15) is 5.82 Å². The van der Waals surface area contributed by atoms with Gasteiger partial charge in [-0.2, -0.15) is 9.97 Å². The summed E-state index contributed by atoms with van der Waals surface area (Å²) >= 11 is 5.93. The lowest BCUT2D eigenvalue weighted by Gasteiger charge is -2.04. The van der Waals surface area contributed by atoms with E-state index in [2.05, 4.69) is 15.0 Å². The fraction of sp³-hybridized carbons (Fsp3) is 0. The summed E-state index contributed by atoms with van der Waals surface area (Å²) in [6.45, 7) is 0. The average Bonchev–Trinajstić information content (AvgIpc) is 2.47. The molecule has 0 aliphatic carbocycles. The Morgan fingerprint density at radius 1 is 0.750 bits per heavy atom. The maximum absolute atomic E-state index is 13.3. The SMILES string of the molecule is Fc1cccc(-c2nc(Cl)nc(-c3ccccc3)n2)c1. The molecule has 0 radical (unpaired) electrons. The molecule has 0 amide bonds. The Balaban J connectivity index is 2.12. The van der Waals surface area contributed by atoms with Gasteiger partial charge in [0.15, 0.2) is 11.6 Å². The molecule has 0 unspecified atom stereocenters. The minimum atomic E-state index is -0.347. The van der Waals surface area contributed by atoms with Crippen molar-refractivity contribution < 1.29 is 4.39 Å². The van der Waals surface area contributed by atoms with E-state index in [0.29, 0.717) is 17.2 Å². The Hall–Kier alpha value is -2.33. The molecule has 0 N–H and O–H groups in total. The van der Waals surface area contributed by atoms with Crippen molar-refractivity contribution in [2.24, 2.45) is 0 Å². The molecule has 0 atom stereocenters. The van der Waals surface area contributed by atoms with E-state index in [1.54, 1.807) is 12.1 Å². The number of halogens is 2. The molecule has 20 heavy (non-hydrogen) atoms. The second-order valence-corrected chi connectivity index (χ2v) is 4.47. The van der Waals surface area contributed by atoms with Crippen LogP contribution in [-0.4, -0.2) is 15.0 Å². The van der Waals surface area contributed by atoms with Gasteiger partial charge in [-0.15, -0.1) is 0 Å². The lowest BCUT2D eigenvalue weighted by Crippen LogP contribution is -1.97. The van der Waals surface area contributed by atoms with Gasteiger partial charge in [-0.25, -0.2) is 9.37 Å². The Morgan fingerprint density at radius 2 is 1.40 bits per heavy atom. The zero-order chi connectivity index (χ0) is 13.9. The Labute approximate surface area is 120 Å². The summed E-state index contributed by atoms with van der Waals surface area (Å²) in [6, 6.07) is 15.5. The molecule has 0 bridgehead atoms. The maximum atomic E-state index is 13.3. The first-order valence-corrected chi connectivity index (χ1v) is 6.33. The van der Waals surface area contributed by atoms with Crippen LogP contribution in [0, 0.1) is 5.82 Å². The molecule has 0 fully saturated rings. The zero-order valence-corrected chi connectivity index (χ0v) is 11.0. The molecule has 0 aliphatic heterocycles. The van der Waals surface area contributed by atoms with E-state index in [1.807, 2.05) is 30.3 Å². The third-order valence-electron chi connectivity index (χ3n) is 2.72.